The number of nitrogens with one attached hydrogen (secondary N) is 2. The number of nitrogens with zero attached hydrogens (tertiary/aromatic N) is 5. The second-order valence-electron chi connectivity index (χ2n) is 7.55. The van der Waals surface area contributed by atoms with Crippen LogP contribution in [0, 0.1) is 0 Å². The maximum Gasteiger partial charge on any atom is 0.239 e. The number of benzene rings is 1. The predicted molar refractivity (Wildman–Crippen MR) is 107 cm³/mol. The van der Waals surface area contributed by atoms with Gasteiger partial charge in [-0.25, -0.2) is 9.97 Å². The van der Waals surface area contributed by atoms with Crippen molar-refractivity contribution < 1.29 is 4.79 Å². The molecule has 3 aromatic rings. The standard InChI is InChI=1S/C20H23N7O/c1-26-6-3-7-27-12-23-15-5-2-4-14(19(15)27)17-10-21-11-18(25-17)24-13-8-16(20(26)28)22-9-13/h2,4-5,10-13,16,22H,3,6-9H2,1H3,(H,24,25)/t13-,16-/m0/s1. The van der Waals surface area contributed by atoms with Crippen LogP contribution < -0.4 is 10.6 Å². The van der Waals surface area contributed by atoms with E-state index in [9.17, 15) is 4.79 Å². The van der Waals surface area contributed by atoms with E-state index in [1.165, 1.54) is 0 Å². The fourth-order valence-corrected chi connectivity index (χ4v) is 4.17. The molecule has 8 nitrogen and oxygen atoms in total. The number of carbonyl (C=O) groups excluding carboxylic acids is 1. The first-order valence-corrected chi connectivity index (χ1v) is 9.70. The summed E-state index contributed by atoms with van der Waals surface area (Å²) in [6.45, 7) is 2.24. The van der Waals surface area contributed by atoms with Crippen LogP contribution in [-0.4, -0.2) is 62.5 Å². The Labute approximate surface area is 163 Å². The topological polar surface area (TPSA) is 88.0 Å². The molecule has 28 heavy (non-hydrogen) atoms. The zero-order valence-electron chi connectivity index (χ0n) is 15.8. The molecule has 0 saturated carbocycles. The quantitative estimate of drug-likeness (QED) is 0.617. The molecule has 1 aromatic carbocycles. The number of anilines is 1. The van der Waals surface area contributed by atoms with Gasteiger partial charge in [0.1, 0.15) is 5.82 Å². The van der Waals surface area contributed by atoms with Crippen LogP contribution in [0.15, 0.2) is 36.9 Å². The zero-order chi connectivity index (χ0) is 19.1. The van der Waals surface area contributed by atoms with Gasteiger partial charge in [0.2, 0.25) is 5.91 Å². The monoisotopic (exact) mass is 377 g/mol. The second kappa shape index (κ2) is 6.87. The highest BCUT2D eigenvalue weighted by Crippen LogP contribution is 2.28. The third kappa shape index (κ3) is 2.99. The number of carbonyl (C=O) groups is 1. The summed E-state index contributed by atoms with van der Waals surface area (Å²) in [6.07, 6.45) is 7.01. The van der Waals surface area contributed by atoms with E-state index in [2.05, 4.69) is 31.2 Å². The van der Waals surface area contributed by atoms with E-state index in [0.717, 1.165) is 54.0 Å². The van der Waals surface area contributed by atoms with Crippen LogP contribution >= 0.6 is 0 Å². The lowest BCUT2D eigenvalue weighted by molar-refractivity contribution is -0.131. The van der Waals surface area contributed by atoms with Gasteiger partial charge >= 0.3 is 0 Å². The Balaban J connectivity index is 1.59. The number of imidazole rings is 1. The van der Waals surface area contributed by atoms with Crippen LogP contribution in [-0.2, 0) is 11.3 Å². The fraction of sp³-hybridized carbons (Fsp3) is 0.400. The van der Waals surface area contributed by atoms with E-state index in [-0.39, 0.29) is 18.0 Å². The van der Waals surface area contributed by atoms with Crippen LogP contribution in [0.25, 0.3) is 22.3 Å². The molecule has 2 aromatic heterocycles. The molecule has 1 saturated heterocycles. The Hall–Kier alpha value is -3.00. The Morgan fingerprint density at radius 3 is 3.07 bits per heavy atom. The maximum absolute atomic E-state index is 12.7. The normalized spacial score (nSPS) is 22.6. The van der Waals surface area contributed by atoms with Gasteiger partial charge in [-0.2, -0.15) is 0 Å². The number of para-hydroxylation sites is 1. The van der Waals surface area contributed by atoms with Gasteiger partial charge in [-0.1, -0.05) is 12.1 Å². The fourth-order valence-electron chi connectivity index (χ4n) is 4.17. The molecule has 2 N–H and O–H groups in total. The lowest BCUT2D eigenvalue weighted by Crippen LogP contribution is -2.42. The molecule has 1 fully saturated rings. The van der Waals surface area contributed by atoms with Crippen LogP contribution in [0.2, 0.25) is 0 Å². The zero-order valence-corrected chi connectivity index (χ0v) is 15.8. The van der Waals surface area contributed by atoms with Gasteiger partial charge < -0.3 is 20.1 Å². The average Bonchev–Trinajstić information content (AvgIpc) is 3.34. The van der Waals surface area contributed by atoms with E-state index in [0.29, 0.717) is 6.54 Å². The number of hydrogen-bond donors (Lipinski definition) is 2. The highest BCUT2D eigenvalue weighted by molar-refractivity contribution is 5.91. The summed E-state index contributed by atoms with van der Waals surface area (Å²) in [4.78, 5) is 28.3. The molecule has 0 radical (unpaired) electrons. The highest BCUT2D eigenvalue weighted by atomic mass is 16.2. The van der Waals surface area contributed by atoms with E-state index >= 15 is 0 Å². The Bertz CT molecular complexity index is 1030. The molecule has 2 aliphatic heterocycles. The summed E-state index contributed by atoms with van der Waals surface area (Å²) in [5.74, 6) is 0.874. The minimum absolute atomic E-state index is 0.148. The number of aromatic nitrogens is 4. The van der Waals surface area contributed by atoms with Crippen molar-refractivity contribution >= 4 is 22.8 Å². The molecule has 1 amide bonds. The second-order valence-corrected chi connectivity index (χ2v) is 7.55. The summed E-state index contributed by atoms with van der Waals surface area (Å²) in [7, 11) is 1.88. The summed E-state index contributed by atoms with van der Waals surface area (Å²) >= 11 is 0. The smallest absolute Gasteiger partial charge is 0.239 e. The molecule has 4 bridgehead atoms. The van der Waals surface area contributed by atoms with Gasteiger partial charge in [-0.3, -0.25) is 9.78 Å². The van der Waals surface area contributed by atoms with Crippen molar-refractivity contribution in [3.63, 3.8) is 0 Å². The van der Waals surface area contributed by atoms with E-state index in [1.807, 2.05) is 30.4 Å². The Morgan fingerprint density at radius 2 is 2.14 bits per heavy atom. The van der Waals surface area contributed by atoms with Crippen molar-refractivity contribution in [1.29, 1.82) is 0 Å². The number of fused-ring (bicyclic) bond motifs is 5. The molecular formula is C20H23N7O. The molecule has 144 valence electrons. The van der Waals surface area contributed by atoms with Gasteiger partial charge in [0, 0.05) is 38.3 Å². The molecule has 0 unspecified atom stereocenters. The van der Waals surface area contributed by atoms with Crippen molar-refractivity contribution in [1.82, 2.24) is 29.7 Å². The summed E-state index contributed by atoms with van der Waals surface area (Å²) < 4.78 is 2.15. The molecule has 4 heterocycles. The molecule has 0 spiro atoms. The number of amides is 1. The summed E-state index contributed by atoms with van der Waals surface area (Å²) in [5.41, 5.74) is 3.84. The number of likely N-dealkylation sites (N-methyl/N-ethyl adjacent to an activating group) is 1. The van der Waals surface area contributed by atoms with Crippen molar-refractivity contribution in [3.8, 4) is 11.3 Å². The summed E-state index contributed by atoms with van der Waals surface area (Å²) in [5, 5.41) is 6.77. The van der Waals surface area contributed by atoms with Crippen molar-refractivity contribution in [3.05, 3.63) is 36.9 Å². The molecule has 2 atom stereocenters. The van der Waals surface area contributed by atoms with Gasteiger partial charge in [-0.05, 0) is 18.9 Å². The average molecular weight is 377 g/mol. The summed E-state index contributed by atoms with van der Waals surface area (Å²) in [6, 6.07) is 6.08. The van der Waals surface area contributed by atoms with Crippen LogP contribution in [0.5, 0.6) is 0 Å². The van der Waals surface area contributed by atoms with Gasteiger partial charge in [0.05, 0.1) is 41.5 Å². The van der Waals surface area contributed by atoms with Crippen molar-refractivity contribution in [2.45, 2.75) is 31.5 Å². The first-order valence-electron chi connectivity index (χ1n) is 9.70. The van der Waals surface area contributed by atoms with Crippen LogP contribution in [0.4, 0.5) is 5.82 Å². The van der Waals surface area contributed by atoms with E-state index < -0.39 is 0 Å². The molecule has 8 heteroatoms. The maximum atomic E-state index is 12.7. The number of rotatable bonds is 0. The largest absolute Gasteiger partial charge is 0.365 e. The number of hydrogen-bond acceptors (Lipinski definition) is 6. The minimum atomic E-state index is -0.152. The molecule has 5 rings (SSSR count). The third-order valence-corrected chi connectivity index (χ3v) is 5.60. The molecule has 0 aliphatic carbocycles. The molecule has 2 aliphatic rings. The minimum Gasteiger partial charge on any atom is -0.365 e. The first-order chi connectivity index (χ1) is 13.7. The Kier molecular flexibility index (Phi) is 4.20. The highest BCUT2D eigenvalue weighted by Gasteiger charge is 2.31. The first kappa shape index (κ1) is 17.1. The molecular weight excluding hydrogens is 354 g/mol. The predicted octanol–water partition coefficient (Wildman–Crippen LogP) is 1.50. The van der Waals surface area contributed by atoms with E-state index in [1.54, 1.807) is 12.4 Å². The van der Waals surface area contributed by atoms with Crippen LogP contribution in [0.3, 0.4) is 0 Å². The van der Waals surface area contributed by atoms with Gasteiger partial charge in [0.15, 0.2) is 0 Å². The lowest BCUT2D eigenvalue weighted by Gasteiger charge is -2.21. The van der Waals surface area contributed by atoms with Crippen molar-refractivity contribution in [2.24, 2.45) is 0 Å². The lowest BCUT2D eigenvalue weighted by atomic mass is 10.1. The SMILES string of the molecule is CN1CCCn2cnc3cccc(c32)-c2cncc(n2)N[C@@H]2CN[C@@H](C2)C1=O. The van der Waals surface area contributed by atoms with Gasteiger partial charge in [0.25, 0.3) is 0 Å². The van der Waals surface area contributed by atoms with Gasteiger partial charge in [-0.15, -0.1) is 0 Å². The Morgan fingerprint density at radius 1 is 1.21 bits per heavy atom. The van der Waals surface area contributed by atoms with Crippen molar-refractivity contribution in [2.75, 3.05) is 25.5 Å². The third-order valence-electron chi connectivity index (χ3n) is 5.60. The number of aryl methyl sites for hydroxylation is 1. The van der Waals surface area contributed by atoms with Crippen LogP contribution in [0.1, 0.15) is 12.8 Å². The van der Waals surface area contributed by atoms with E-state index in [4.69, 9.17) is 4.98 Å².